The molecular formula is C35H37N7O2. The van der Waals surface area contributed by atoms with Gasteiger partial charge in [0.25, 0.3) is 5.91 Å². The van der Waals surface area contributed by atoms with Gasteiger partial charge in [-0.3, -0.25) is 9.69 Å². The number of hydrogen-bond acceptors (Lipinski definition) is 7. The molecule has 0 bridgehead atoms. The number of pyridine rings is 1. The van der Waals surface area contributed by atoms with Crippen LogP contribution in [-0.4, -0.2) is 82.6 Å². The smallest absolute Gasteiger partial charge is 0.257 e. The molecule has 0 saturated carbocycles. The minimum Gasteiger partial charge on any atom is -0.395 e. The van der Waals surface area contributed by atoms with Crippen LogP contribution in [0.25, 0.3) is 10.8 Å². The lowest BCUT2D eigenvalue weighted by atomic mass is 10.0. The van der Waals surface area contributed by atoms with Crippen molar-refractivity contribution in [2.45, 2.75) is 19.8 Å². The van der Waals surface area contributed by atoms with Gasteiger partial charge in [-0.15, -0.1) is 0 Å². The molecule has 224 valence electrons. The van der Waals surface area contributed by atoms with Crippen LogP contribution in [0.5, 0.6) is 0 Å². The van der Waals surface area contributed by atoms with Crippen LogP contribution in [0, 0.1) is 5.92 Å². The first-order chi connectivity index (χ1) is 21.6. The molecule has 4 aromatic rings. The normalized spacial score (nSPS) is 18.8. The summed E-state index contributed by atoms with van der Waals surface area (Å²) in [7, 11) is 0. The van der Waals surface area contributed by atoms with E-state index in [1.165, 1.54) is 0 Å². The average Bonchev–Trinajstić information content (AvgIpc) is 3.06. The van der Waals surface area contributed by atoms with Gasteiger partial charge >= 0.3 is 0 Å². The van der Waals surface area contributed by atoms with Crippen LogP contribution in [0.15, 0.2) is 106 Å². The quantitative estimate of drug-likeness (QED) is 0.314. The summed E-state index contributed by atoms with van der Waals surface area (Å²) in [5.41, 5.74) is 2.14. The lowest BCUT2D eigenvalue weighted by Crippen LogP contribution is -2.49. The maximum atomic E-state index is 12.7. The van der Waals surface area contributed by atoms with Crippen LogP contribution >= 0.6 is 0 Å². The second kappa shape index (κ2) is 13.7. The van der Waals surface area contributed by atoms with Crippen molar-refractivity contribution >= 4 is 45.7 Å². The first-order valence-electron chi connectivity index (χ1n) is 15.2. The molecule has 9 nitrogen and oxygen atoms in total. The number of amides is 1. The van der Waals surface area contributed by atoms with Gasteiger partial charge < -0.3 is 15.3 Å². The number of aromatic nitrogens is 1. The van der Waals surface area contributed by atoms with Gasteiger partial charge in [-0.05, 0) is 41.5 Å². The molecule has 3 heterocycles. The average molecular weight is 588 g/mol. The number of carbonyl (C=O) groups is 1. The number of nitrogens with zero attached hydrogens (tertiary/aromatic N) is 6. The minimum atomic E-state index is -0.224. The molecule has 1 aromatic heterocycles. The fraction of sp³-hybridized carbons (Fsp3) is 0.286. The van der Waals surface area contributed by atoms with Gasteiger partial charge in [0.05, 0.1) is 12.2 Å². The first-order valence-corrected chi connectivity index (χ1v) is 15.2. The van der Waals surface area contributed by atoms with E-state index in [0.29, 0.717) is 29.6 Å². The van der Waals surface area contributed by atoms with Crippen LogP contribution in [0.2, 0.25) is 0 Å². The summed E-state index contributed by atoms with van der Waals surface area (Å²) in [6, 6.07) is 27.3. The van der Waals surface area contributed by atoms with E-state index in [2.05, 4.69) is 51.3 Å². The second-order valence-corrected chi connectivity index (χ2v) is 11.2. The Morgan fingerprint density at radius 2 is 1.70 bits per heavy atom. The lowest BCUT2D eigenvalue weighted by molar-refractivity contribution is 0.102. The molecule has 0 spiro atoms. The van der Waals surface area contributed by atoms with Crippen LogP contribution in [0.4, 0.5) is 11.5 Å². The summed E-state index contributed by atoms with van der Waals surface area (Å²) >= 11 is 0. The molecule has 6 rings (SSSR count). The van der Waals surface area contributed by atoms with Crippen molar-refractivity contribution in [1.82, 2.24) is 14.8 Å². The molecule has 44 heavy (non-hydrogen) atoms. The van der Waals surface area contributed by atoms with Crippen LogP contribution in [-0.2, 0) is 0 Å². The summed E-state index contributed by atoms with van der Waals surface area (Å²) in [6.07, 6.45) is 3.20. The van der Waals surface area contributed by atoms with Crippen LogP contribution < -0.4 is 5.32 Å². The number of piperazine rings is 1. The monoisotopic (exact) mass is 587 g/mol. The van der Waals surface area contributed by atoms with E-state index < -0.39 is 0 Å². The highest BCUT2D eigenvalue weighted by Crippen LogP contribution is 2.25. The highest BCUT2D eigenvalue weighted by atomic mass is 16.3. The van der Waals surface area contributed by atoms with Crippen molar-refractivity contribution < 1.29 is 9.90 Å². The zero-order chi connectivity index (χ0) is 30.3. The molecule has 3 aromatic carbocycles. The molecular weight excluding hydrogens is 550 g/mol. The number of benzene rings is 3. The van der Waals surface area contributed by atoms with Gasteiger partial charge in [0, 0.05) is 62.5 Å². The Morgan fingerprint density at radius 3 is 2.48 bits per heavy atom. The summed E-state index contributed by atoms with van der Waals surface area (Å²) in [6.45, 7) is 6.55. The van der Waals surface area contributed by atoms with E-state index in [0.717, 1.165) is 66.9 Å². The highest BCUT2D eigenvalue weighted by molar-refractivity contribution is 6.17. The SMILES string of the molecule is CC1CCC(N2CCN(CCO)CC2)=NC(c2cccc3ccccc23)=NC1=Nc1ccc(C(=O)Nc2ccccc2)cn1. The number of carbonyl (C=O) groups excluding carboxylic acids is 1. The van der Waals surface area contributed by atoms with E-state index >= 15 is 0 Å². The third kappa shape index (κ3) is 6.90. The number of aliphatic imine (C=N–C) groups is 3. The van der Waals surface area contributed by atoms with E-state index in [4.69, 9.17) is 15.0 Å². The fourth-order valence-electron chi connectivity index (χ4n) is 5.60. The van der Waals surface area contributed by atoms with Gasteiger partial charge in [-0.2, -0.15) is 0 Å². The number of rotatable bonds is 6. The van der Waals surface area contributed by atoms with Gasteiger partial charge in [-0.25, -0.2) is 20.0 Å². The number of aliphatic hydroxyl groups is 1. The molecule has 1 amide bonds. The van der Waals surface area contributed by atoms with E-state index in [1.54, 1.807) is 18.3 Å². The van der Waals surface area contributed by atoms with E-state index in [-0.39, 0.29) is 18.4 Å². The minimum absolute atomic E-state index is 0.0593. The van der Waals surface area contributed by atoms with Crippen molar-refractivity contribution in [1.29, 1.82) is 0 Å². The standard InChI is InChI=1S/C35H37N7O2/c1-25-14-17-32(42-20-18-41(19-21-42)22-23-43)39-34(30-13-7-9-26-8-5-6-12-29(26)30)40-33(25)38-31-16-15-27(24-36-31)35(44)37-28-10-3-2-4-11-28/h2-13,15-16,24-25,43H,14,17-23H2,1H3,(H,37,44). The third-order valence-corrected chi connectivity index (χ3v) is 8.15. The Labute approximate surface area is 257 Å². The van der Waals surface area contributed by atoms with Crippen molar-refractivity contribution in [2.24, 2.45) is 20.9 Å². The van der Waals surface area contributed by atoms with Gasteiger partial charge in [0.1, 0.15) is 11.7 Å². The number of anilines is 1. The van der Waals surface area contributed by atoms with Crippen LogP contribution in [0.1, 0.15) is 35.7 Å². The zero-order valence-corrected chi connectivity index (χ0v) is 24.9. The fourth-order valence-corrected chi connectivity index (χ4v) is 5.60. The summed E-state index contributed by atoms with van der Waals surface area (Å²) in [5.74, 6) is 2.67. The topological polar surface area (TPSA) is 106 Å². The molecule has 2 aliphatic rings. The van der Waals surface area contributed by atoms with Crippen LogP contribution in [0.3, 0.4) is 0 Å². The first kappa shape index (κ1) is 29.3. The molecule has 1 atom stereocenters. The zero-order valence-electron chi connectivity index (χ0n) is 24.9. The maximum absolute atomic E-state index is 12.7. The highest BCUT2D eigenvalue weighted by Gasteiger charge is 2.24. The number of fused-ring (bicyclic) bond motifs is 1. The lowest BCUT2D eigenvalue weighted by Gasteiger charge is -2.37. The van der Waals surface area contributed by atoms with Gasteiger partial charge in [0.2, 0.25) is 0 Å². The molecule has 1 unspecified atom stereocenters. The summed E-state index contributed by atoms with van der Waals surface area (Å²) < 4.78 is 0. The maximum Gasteiger partial charge on any atom is 0.257 e. The molecule has 0 aliphatic carbocycles. The Kier molecular flexibility index (Phi) is 9.14. The predicted molar refractivity (Wildman–Crippen MR) is 177 cm³/mol. The molecule has 9 heteroatoms. The number of β-amino-alcohol motifs (C(OH)–C–C–N with tert-alkyl or cyclic N) is 1. The van der Waals surface area contributed by atoms with E-state index in [1.807, 2.05) is 48.5 Å². The summed E-state index contributed by atoms with van der Waals surface area (Å²) in [4.78, 5) is 37.1. The number of hydrogen-bond donors (Lipinski definition) is 2. The molecule has 2 aliphatic heterocycles. The number of para-hydroxylation sites is 1. The summed E-state index contributed by atoms with van der Waals surface area (Å²) in [5, 5.41) is 14.5. The Hall–Kier alpha value is -4.73. The Morgan fingerprint density at radius 1 is 0.932 bits per heavy atom. The Bertz CT molecular complexity index is 1690. The number of nitrogens with one attached hydrogen (secondary N) is 1. The molecule has 2 N–H and O–H groups in total. The van der Waals surface area contributed by atoms with Gasteiger partial charge in [-0.1, -0.05) is 67.6 Å². The van der Waals surface area contributed by atoms with Crippen molar-refractivity contribution in [3.63, 3.8) is 0 Å². The number of aliphatic hydroxyl groups excluding tert-OH is 1. The Balaban J connectivity index is 1.33. The second-order valence-electron chi connectivity index (χ2n) is 11.2. The number of amidine groups is 3. The van der Waals surface area contributed by atoms with Crippen molar-refractivity contribution in [3.8, 4) is 0 Å². The van der Waals surface area contributed by atoms with Crippen molar-refractivity contribution in [2.75, 3.05) is 44.6 Å². The molecule has 1 fully saturated rings. The third-order valence-electron chi connectivity index (χ3n) is 8.15. The van der Waals surface area contributed by atoms with Crippen molar-refractivity contribution in [3.05, 3.63) is 102 Å². The van der Waals surface area contributed by atoms with Gasteiger partial charge in [0.15, 0.2) is 11.7 Å². The molecule has 0 radical (unpaired) electrons. The van der Waals surface area contributed by atoms with E-state index in [9.17, 15) is 9.90 Å². The molecule has 1 saturated heterocycles. The predicted octanol–water partition coefficient (Wildman–Crippen LogP) is 5.40. The largest absolute Gasteiger partial charge is 0.395 e.